The number of hydrogen-bond donors (Lipinski definition) is 2. The summed E-state index contributed by atoms with van der Waals surface area (Å²) in [5.74, 6) is -0.336. The minimum atomic E-state index is -0.498. The molecule has 0 aliphatic carbocycles. The first-order valence-corrected chi connectivity index (χ1v) is 11.0. The molecule has 0 unspecified atom stereocenters. The van der Waals surface area contributed by atoms with Crippen molar-refractivity contribution in [2.75, 3.05) is 12.3 Å². The first-order valence-electron chi connectivity index (χ1n) is 9.18. The highest BCUT2D eigenvalue weighted by Crippen LogP contribution is 2.25. The normalized spacial score (nSPS) is 10.8. The van der Waals surface area contributed by atoms with E-state index in [1.165, 1.54) is 23.0 Å². The van der Waals surface area contributed by atoms with Crippen LogP contribution in [0.3, 0.4) is 0 Å². The summed E-state index contributed by atoms with van der Waals surface area (Å²) in [5, 5.41) is 12.8. The van der Waals surface area contributed by atoms with Crippen LogP contribution in [0.2, 0.25) is 0 Å². The van der Waals surface area contributed by atoms with Crippen LogP contribution in [0.1, 0.15) is 4.88 Å². The van der Waals surface area contributed by atoms with Crippen LogP contribution < -0.4 is 10.6 Å². The molecule has 30 heavy (non-hydrogen) atoms. The highest BCUT2D eigenvalue weighted by atomic mass is 32.2. The maximum Gasteiger partial charge on any atom is 0.321 e. The Kier molecular flexibility index (Phi) is 6.35. The third-order valence-electron chi connectivity index (χ3n) is 4.16. The van der Waals surface area contributed by atoms with E-state index in [0.29, 0.717) is 17.2 Å². The van der Waals surface area contributed by atoms with Gasteiger partial charge in [-0.25, -0.2) is 19.4 Å². The molecule has 0 atom stereocenters. The zero-order valence-corrected chi connectivity index (χ0v) is 17.4. The van der Waals surface area contributed by atoms with Gasteiger partial charge >= 0.3 is 6.03 Å². The number of nitrogens with one attached hydrogen (secondary N) is 2. The van der Waals surface area contributed by atoms with Crippen molar-refractivity contribution in [3.05, 3.63) is 65.2 Å². The van der Waals surface area contributed by atoms with Gasteiger partial charge in [-0.2, -0.15) is 5.10 Å². The van der Waals surface area contributed by atoms with Crippen molar-refractivity contribution in [3.8, 4) is 5.69 Å². The third-order valence-corrected chi connectivity index (χ3v) is 6.10. The van der Waals surface area contributed by atoms with Crippen LogP contribution in [0.25, 0.3) is 16.7 Å². The quantitative estimate of drug-likeness (QED) is 0.340. The maximum atomic E-state index is 12.1. The summed E-state index contributed by atoms with van der Waals surface area (Å²) in [7, 11) is 0. The third kappa shape index (κ3) is 4.84. The number of aromatic nitrogens is 4. The molecule has 1 aromatic carbocycles. The van der Waals surface area contributed by atoms with Crippen molar-refractivity contribution < 1.29 is 9.59 Å². The molecule has 3 aromatic heterocycles. The van der Waals surface area contributed by atoms with Crippen LogP contribution in [-0.2, 0) is 11.2 Å². The molecular weight excluding hydrogens is 420 g/mol. The number of benzene rings is 1. The molecule has 4 aromatic rings. The molecule has 2 N–H and O–H groups in total. The second-order valence-corrected chi connectivity index (χ2v) is 8.23. The lowest BCUT2D eigenvalue weighted by atomic mass is 10.3. The first-order chi connectivity index (χ1) is 14.7. The predicted molar refractivity (Wildman–Crippen MR) is 117 cm³/mol. The molecule has 3 amide bonds. The number of imide groups is 1. The second kappa shape index (κ2) is 9.51. The lowest BCUT2D eigenvalue weighted by molar-refractivity contribution is -0.117. The Balaban J connectivity index is 1.32. The van der Waals surface area contributed by atoms with Crippen molar-refractivity contribution in [3.63, 3.8) is 0 Å². The lowest BCUT2D eigenvalue weighted by Gasteiger charge is -2.06. The molecule has 0 aliphatic heterocycles. The fraction of sp³-hybridized carbons (Fsp3) is 0.150. The summed E-state index contributed by atoms with van der Waals surface area (Å²) in [6.45, 7) is 0.470. The maximum absolute atomic E-state index is 12.1. The number of rotatable bonds is 7. The van der Waals surface area contributed by atoms with Gasteiger partial charge in [0.05, 0.1) is 23.0 Å². The lowest BCUT2D eigenvalue weighted by Crippen LogP contribution is -2.41. The van der Waals surface area contributed by atoms with Gasteiger partial charge in [0.1, 0.15) is 11.4 Å². The van der Waals surface area contributed by atoms with Gasteiger partial charge in [-0.1, -0.05) is 36.0 Å². The van der Waals surface area contributed by atoms with Crippen LogP contribution in [0, 0.1) is 0 Å². The molecule has 4 rings (SSSR count). The van der Waals surface area contributed by atoms with Crippen LogP contribution in [0.15, 0.2) is 65.4 Å². The molecule has 0 aliphatic rings. The summed E-state index contributed by atoms with van der Waals surface area (Å²) in [6, 6.07) is 13.1. The molecule has 0 radical (unpaired) electrons. The number of carbonyl (C=O) groups is 2. The number of para-hydroxylation sites is 1. The van der Waals surface area contributed by atoms with E-state index in [1.54, 1.807) is 22.2 Å². The summed E-state index contributed by atoms with van der Waals surface area (Å²) in [6.07, 6.45) is 3.86. The van der Waals surface area contributed by atoms with Gasteiger partial charge in [0, 0.05) is 11.4 Å². The Bertz CT molecular complexity index is 1140. The van der Waals surface area contributed by atoms with Gasteiger partial charge in [0.25, 0.3) is 0 Å². The van der Waals surface area contributed by atoms with E-state index in [0.717, 1.165) is 17.5 Å². The molecule has 0 spiro atoms. The highest BCUT2D eigenvalue weighted by molar-refractivity contribution is 8.00. The number of fused-ring (bicyclic) bond motifs is 1. The van der Waals surface area contributed by atoms with Gasteiger partial charge in [0.2, 0.25) is 5.91 Å². The van der Waals surface area contributed by atoms with E-state index in [-0.39, 0.29) is 5.75 Å². The number of thioether (sulfide) groups is 1. The molecule has 0 saturated heterocycles. The van der Waals surface area contributed by atoms with E-state index in [1.807, 2.05) is 47.8 Å². The van der Waals surface area contributed by atoms with Crippen LogP contribution >= 0.6 is 23.1 Å². The zero-order chi connectivity index (χ0) is 20.8. The number of nitrogens with zero attached hydrogens (tertiary/aromatic N) is 4. The van der Waals surface area contributed by atoms with Crippen LogP contribution in [0.4, 0.5) is 4.79 Å². The van der Waals surface area contributed by atoms with Crippen molar-refractivity contribution >= 4 is 46.1 Å². The van der Waals surface area contributed by atoms with Crippen molar-refractivity contribution in [1.82, 2.24) is 30.4 Å². The SMILES string of the molecule is O=C(CSc1ncnc2c1cnn2-c1ccccc1)NC(=O)NCCc1cccs1. The molecule has 152 valence electrons. The minimum absolute atomic E-state index is 0.0565. The highest BCUT2D eigenvalue weighted by Gasteiger charge is 2.14. The Morgan fingerprint density at radius 1 is 1.10 bits per heavy atom. The smallest absolute Gasteiger partial charge is 0.321 e. The summed E-state index contributed by atoms with van der Waals surface area (Å²) in [4.78, 5) is 33.8. The second-order valence-electron chi connectivity index (χ2n) is 6.23. The fourth-order valence-electron chi connectivity index (χ4n) is 2.79. The molecular formula is C20H18N6O2S2. The number of thiophene rings is 1. The molecule has 8 nitrogen and oxygen atoms in total. The van der Waals surface area contributed by atoms with Crippen LogP contribution in [-0.4, -0.2) is 44.0 Å². The zero-order valence-electron chi connectivity index (χ0n) is 15.8. The molecule has 0 fully saturated rings. The molecule has 10 heteroatoms. The largest absolute Gasteiger partial charge is 0.337 e. The topological polar surface area (TPSA) is 102 Å². The Morgan fingerprint density at radius 3 is 2.77 bits per heavy atom. The van der Waals surface area contributed by atoms with Crippen LogP contribution in [0.5, 0.6) is 0 Å². The predicted octanol–water partition coefficient (Wildman–Crippen LogP) is 3.04. The van der Waals surface area contributed by atoms with Crippen molar-refractivity contribution in [2.45, 2.75) is 11.4 Å². The molecule has 0 bridgehead atoms. The first kappa shape index (κ1) is 20.0. The summed E-state index contributed by atoms with van der Waals surface area (Å²) >= 11 is 2.87. The standard InChI is InChI=1S/C20H18N6O2S2/c27-17(25-20(28)21-9-8-15-7-4-10-29-15)12-30-19-16-11-24-26(18(16)22-13-23-19)14-5-2-1-3-6-14/h1-7,10-11,13H,8-9,12H2,(H2,21,25,27,28). The van der Waals surface area contributed by atoms with Gasteiger partial charge in [-0.15, -0.1) is 11.3 Å². The van der Waals surface area contributed by atoms with Gasteiger partial charge < -0.3 is 5.32 Å². The Labute approximate surface area is 180 Å². The number of carbonyl (C=O) groups excluding carboxylic acids is 2. The minimum Gasteiger partial charge on any atom is -0.337 e. The van der Waals surface area contributed by atoms with Gasteiger partial charge in [-0.05, 0) is 30.0 Å². The van der Waals surface area contributed by atoms with Gasteiger partial charge in [0.15, 0.2) is 5.65 Å². The molecule has 3 heterocycles. The van der Waals surface area contributed by atoms with E-state index in [4.69, 9.17) is 0 Å². The summed E-state index contributed by atoms with van der Waals surface area (Å²) < 4.78 is 1.72. The van der Waals surface area contributed by atoms with E-state index < -0.39 is 11.9 Å². The monoisotopic (exact) mass is 438 g/mol. The number of amides is 3. The number of urea groups is 1. The molecule has 0 saturated carbocycles. The van der Waals surface area contributed by atoms with Gasteiger partial charge in [-0.3, -0.25) is 10.1 Å². The fourth-order valence-corrected chi connectivity index (χ4v) is 4.26. The van der Waals surface area contributed by atoms with E-state index in [2.05, 4.69) is 25.7 Å². The average molecular weight is 439 g/mol. The van der Waals surface area contributed by atoms with E-state index >= 15 is 0 Å². The average Bonchev–Trinajstić information content (AvgIpc) is 3.43. The number of hydrogen-bond acceptors (Lipinski definition) is 7. The summed E-state index contributed by atoms with van der Waals surface area (Å²) in [5.41, 5.74) is 1.55. The Morgan fingerprint density at radius 2 is 1.97 bits per heavy atom. The van der Waals surface area contributed by atoms with Crippen molar-refractivity contribution in [1.29, 1.82) is 0 Å². The van der Waals surface area contributed by atoms with E-state index in [9.17, 15) is 9.59 Å². The van der Waals surface area contributed by atoms with Crippen molar-refractivity contribution in [2.24, 2.45) is 0 Å². The Hall–Kier alpha value is -3.24.